The summed E-state index contributed by atoms with van der Waals surface area (Å²) in [6.07, 6.45) is 0. The molecule has 100 valence electrons. The zero-order chi connectivity index (χ0) is 13.6. The Hall–Kier alpha value is -1.81. The normalized spacial score (nSPS) is 11.0. The van der Waals surface area contributed by atoms with Gasteiger partial charge >= 0.3 is 7.75 Å². The molecule has 2 aromatic carbocycles. The zero-order valence-electron chi connectivity index (χ0n) is 10.4. The molecule has 0 spiro atoms. The average molecular weight is 279 g/mol. The van der Waals surface area contributed by atoms with E-state index in [9.17, 15) is 4.57 Å². The van der Waals surface area contributed by atoms with Gasteiger partial charge in [0.15, 0.2) is 0 Å². The van der Waals surface area contributed by atoms with Crippen molar-refractivity contribution in [2.75, 3.05) is 7.11 Å². The SMILES string of the molecule is CONP(=O)(Oc1ccccc1)Oc1ccccc1. The van der Waals surface area contributed by atoms with E-state index in [1.165, 1.54) is 7.11 Å². The Morgan fingerprint density at radius 3 is 1.63 bits per heavy atom. The van der Waals surface area contributed by atoms with Crippen molar-refractivity contribution >= 4 is 7.75 Å². The lowest BCUT2D eigenvalue weighted by Gasteiger charge is -2.18. The number of nitrogens with one attached hydrogen (secondary N) is 1. The van der Waals surface area contributed by atoms with Crippen molar-refractivity contribution in [3.8, 4) is 11.5 Å². The van der Waals surface area contributed by atoms with Crippen molar-refractivity contribution in [3.63, 3.8) is 0 Å². The summed E-state index contributed by atoms with van der Waals surface area (Å²) in [4.78, 5) is 4.69. The van der Waals surface area contributed by atoms with Gasteiger partial charge in [-0.2, -0.15) is 0 Å². The first kappa shape index (κ1) is 13.6. The van der Waals surface area contributed by atoms with E-state index >= 15 is 0 Å². The molecular formula is C13H14NO4P. The van der Waals surface area contributed by atoms with Gasteiger partial charge in [-0.1, -0.05) is 41.6 Å². The van der Waals surface area contributed by atoms with E-state index in [2.05, 4.69) is 10.1 Å². The number of hydrogen-bond donors (Lipinski definition) is 1. The maximum Gasteiger partial charge on any atom is 0.536 e. The smallest absolute Gasteiger partial charge is 0.403 e. The Bertz CT molecular complexity index is 502. The summed E-state index contributed by atoms with van der Waals surface area (Å²) in [5.74, 6) is 0.845. The summed E-state index contributed by atoms with van der Waals surface area (Å²) in [5, 5.41) is 2.27. The number of benzene rings is 2. The van der Waals surface area contributed by atoms with Crippen LogP contribution < -0.4 is 14.3 Å². The second kappa shape index (κ2) is 6.38. The molecule has 0 saturated carbocycles. The van der Waals surface area contributed by atoms with E-state index < -0.39 is 7.75 Å². The zero-order valence-corrected chi connectivity index (χ0v) is 11.2. The summed E-state index contributed by atoms with van der Waals surface area (Å²) in [5.41, 5.74) is 0. The third kappa shape index (κ3) is 4.10. The Morgan fingerprint density at radius 2 is 1.26 bits per heavy atom. The van der Waals surface area contributed by atoms with Gasteiger partial charge < -0.3 is 9.05 Å². The highest BCUT2D eigenvalue weighted by Crippen LogP contribution is 2.44. The van der Waals surface area contributed by atoms with Crippen LogP contribution in [0.3, 0.4) is 0 Å². The van der Waals surface area contributed by atoms with E-state index in [0.717, 1.165) is 0 Å². The van der Waals surface area contributed by atoms with Crippen LogP contribution in [-0.2, 0) is 9.40 Å². The van der Waals surface area contributed by atoms with E-state index in [0.29, 0.717) is 11.5 Å². The maximum absolute atomic E-state index is 12.5. The number of para-hydroxylation sites is 2. The Labute approximate surface area is 111 Å². The first-order chi connectivity index (χ1) is 9.22. The minimum absolute atomic E-state index is 0.423. The predicted octanol–water partition coefficient (Wildman–Crippen LogP) is 3.40. The molecule has 0 atom stereocenters. The van der Waals surface area contributed by atoms with Crippen LogP contribution in [0.25, 0.3) is 0 Å². The van der Waals surface area contributed by atoms with Gasteiger partial charge in [0.25, 0.3) is 0 Å². The summed E-state index contributed by atoms with van der Waals surface area (Å²) in [6, 6.07) is 17.5. The molecule has 0 amide bonds. The molecule has 0 aliphatic heterocycles. The maximum atomic E-state index is 12.5. The van der Waals surface area contributed by atoms with Crippen LogP contribution in [0.5, 0.6) is 11.5 Å². The second-order valence-corrected chi connectivity index (χ2v) is 5.14. The van der Waals surface area contributed by atoms with Crippen molar-refractivity contribution in [2.24, 2.45) is 0 Å². The lowest BCUT2D eigenvalue weighted by atomic mass is 10.3. The molecule has 0 aliphatic rings. The molecule has 0 saturated heterocycles. The minimum atomic E-state index is -3.64. The van der Waals surface area contributed by atoms with Gasteiger partial charge in [0.05, 0.1) is 7.11 Å². The predicted molar refractivity (Wildman–Crippen MR) is 71.9 cm³/mol. The molecule has 0 fully saturated rings. The first-order valence-corrected chi connectivity index (χ1v) is 7.16. The van der Waals surface area contributed by atoms with E-state index in [-0.39, 0.29) is 0 Å². The van der Waals surface area contributed by atoms with Crippen LogP contribution in [0, 0.1) is 0 Å². The highest BCUT2D eigenvalue weighted by atomic mass is 31.2. The third-order valence-corrected chi connectivity index (χ3v) is 3.45. The molecule has 1 N–H and O–H groups in total. The molecule has 2 aromatic rings. The molecule has 0 radical (unpaired) electrons. The lowest BCUT2D eigenvalue weighted by Crippen LogP contribution is -2.17. The summed E-state index contributed by atoms with van der Waals surface area (Å²) in [6.45, 7) is 0. The fourth-order valence-electron chi connectivity index (χ4n) is 1.41. The molecule has 6 heteroatoms. The van der Waals surface area contributed by atoms with Crippen molar-refractivity contribution < 1.29 is 18.5 Å². The van der Waals surface area contributed by atoms with Crippen molar-refractivity contribution in [1.82, 2.24) is 5.25 Å². The molecule has 0 heterocycles. The Kier molecular flexibility index (Phi) is 4.58. The first-order valence-electron chi connectivity index (χ1n) is 5.61. The van der Waals surface area contributed by atoms with Crippen LogP contribution in [0.1, 0.15) is 0 Å². The van der Waals surface area contributed by atoms with E-state index in [1.807, 2.05) is 12.1 Å². The van der Waals surface area contributed by atoms with Crippen molar-refractivity contribution in [3.05, 3.63) is 60.7 Å². The fourth-order valence-corrected chi connectivity index (χ4v) is 2.54. The molecule has 5 nitrogen and oxygen atoms in total. The molecule has 2 rings (SSSR count). The second-order valence-electron chi connectivity index (χ2n) is 3.60. The molecule has 0 aliphatic carbocycles. The van der Waals surface area contributed by atoms with Gasteiger partial charge in [0, 0.05) is 0 Å². The summed E-state index contributed by atoms with van der Waals surface area (Å²) >= 11 is 0. The largest absolute Gasteiger partial charge is 0.536 e. The summed E-state index contributed by atoms with van der Waals surface area (Å²) in [7, 11) is -2.29. The third-order valence-electron chi connectivity index (χ3n) is 2.14. The van der Waals surface area contributed by atoms with Gasteiger partial charge in [-0.15, -0.1) is 0 Å². The van der Waals surface area contributed by atoms with Crippen LogP contribution in [0.15, 0.2) is 60.7 Å². The van der Waals surface area contributed by atoms with Crippen LogP contribution in [0.4, 0.5) is 0 Å². The summed E-state index contributed by atoms with van der Waals surface area (Å²) < 4.78 is 23.2. The van der Waals surface area contributed by atoms with E-state index in [4.69, 9.17) is 9.05 Å². The topological polar surface area (TPSA) is 56.8 Å². The average Bonchev–Trinajstić information content (AvgIpc) is 2.41. The molecule has 0 bridgehead atoms. The van der Waals surface area contributed by atoms with Crippen molar-refractivity contribution in [2.45, 2.75) is 0 Å². The number of hydrogen-bond acceptors (Lipinski definition) is 4. The number of rotatable bonds is 6. The Morgan fingerprint density at radius 1 is 0.842 bits per heavy atom. The highest BCUT2D eigenvalue weighted by molar-refractivity contribution is 7.52. The lowest BCUT2D eigenvalue weighted by molar-refractivity contribution is 0.128. The molecule has 0 aromatic heterocycles. The van der Waals surface area contributed by atoms with Gasteiger partial charge in [-0.05, 0) is 24.3 Å². The van der Waals surface area contributed by atoms with Gasteiger partial charge in [-0.25, -0.2) is 4.57 Å². The molecule has 0 unspecified atom stereocenters. The monoisotopic (exact) mass is 279 g/mol. The highest BCUT2D eigenvalue weighted by Gasteiger charge is 2.28. The van der Waals surface area contributed by atoms with E-state index in [1.54, 1.807) is 48.5 Å². The van der Waals surface area contributed by atoms with Crippen LogP contribution >= 0.6 is 7.75 Å². The fraction of sp³-hybridized carbons (Fsp3) is 0.0769. The standard InChI is InChI=1S/C13H14NO4P/c1-16-14-19(15,17-12-8-4-2-5-9-12)18-13-10-6-3-7-11-13/h2-11H,1H3,(H,14,15). The Balaban J connectivity index is 2.16. The van der Waals surface area contributed by atoms with Gasteiger partial charge in [0.1, 0.15) is 11.5 Å². The quantitative estimate of drug-likeness (QED) is 0.648. The molecule has 19 heavy (non-hydrogen) atoms. The van der Waals surface area contributed by atoms with Crippen LogP contribution in [0.2, 0.25) is 0 Å². The van der Waals surface area contributed by atoms with Crippen molar-refractivity contribution in [1.29, 1.82) is 0 Å². The molecular weight excluding hydrogens is 265 g/mol. The minimum Gasteiger partial charge on any atom is -0.403 e. The van der Waals surface area contributed by atoms with Gasteiger partial charge in [-0.3, -0.25) is 4.84 Å². The van der Waals surface area contributed by atoms with Crippen LogP contribution in [-0.4, -0.2) is 7.11 Å². The van der Waals surface area contributed by atoms with Gasteiger partial charge in [0.2, 0.25) is 0 Å².